The molecule has 1 aromatic carbocycles. The molecule has 0 bridgehead atoms. The summed E-state index contributed by atoms with van der Waals surface area (Å²) in [6.45, 7) is 7.46. The minimum Gasteiger partial charge on any atom is -0.497 e. The fourth-order valence-electron chi connectivity index (χ4n) is 3.93. The molecule has 0 radical (unpaired) electrons. The zero-order valence-corrected chi connectivity index (χ0v) is 17.4. The van der Waals surface area contributed by atoms with Gasteiger partial charge in [0, 0.05) is 43.5 Å². The molecule has 0 N–H and O–H groups in total. The van der Waals surface area contributed by atoms with Crippen LogP contribution < -0.4 is 4.74 Å². The second kappa shape index (κ2) is 8.02. The van der Waals surface area contributed by atoms with E-state index >= 15 is 0 Å². The van der Waals surface area contributed by atoms with Crippen molar-refractivity contribution in [1.82, 2.24) is 13.9 Å². The summed E-state index contributed by atoms with van der Waals surface area (Å²) in [6.07, 6.45) is 4.60. The molecule has 1 aromatic heterocycles. The molecule has 0 aliphatic carbocycles. The maximum atomic E-state index is 13.1. The van der Waals surface area contributed by atoms with E-state index in [2.05, 4.69) is 30.3 Å². The third kappa shape index (κ3) is 4.19. The smallest absolute Gasteiger partial charge is 0.243 e. The van der Waals surface area contributed by atoms with E-state index in [0.717, 1.165) is 30.8 Å². The van der Waals surface area contributed by atoms with Crippen LogP contribution in [0.2, 0.25) is 0 Å². The highest BCUT2D eigenvalue weighted by molar-refractivity contribution is 7.89. The van der Waals surface area contributed by atoms with Gasteiger partial charge in [-0.2, -0.15) is 4.31 Å². The Morgan fingerprint density at radius 2 is 2.11 bits per heavy atom. The highest BCUT2D eigenvalue weighted by atomic mass is 32.2. The molecule has 2 heterocycles. The monoisotopic (exact) mass is 391 g/mol. The van der Waals surface area contributed by atoms with Crippen LogP contribution in [0.4, 0.5) is 0 Å². The Hall–Kier alpha value is -1.86. The molecule has 0 amide bonds. The highest BCUT2D eigenvalue weighted by Crippen LogP contribution is 2.28. The van der Waals surface area contributed by atoms with E-state index < -0.39 is 10.0 Å². The maximum absolute atomic E-state index is 13.1. The maximum Gasteiger partial charge on any atom is 0.243 e. The van der Waals surface area contributed by atoms with Gasteiger partial charge in [-0.1, -0.05) is 6.07 Å². The predicted molar refractivity (Wildman–Crippen MR) is 106 cm³/mol. The van der Waals surface area contributed by atoms with Crippen LogP contribution in [0.15, 0.2) is 35.4 Å². The van der Waals surface area contributed by atoms with Gasteiger partial charge in [0.05, 0.1) is 12.0 Å². The number of aryl methyl sites for hydroxylation is 1. The van der Waals surface area contributed by atoms with Gasteiger partial charge in [-0.3, -0.25) is 0 Å². The third-order valence-corrected chi connectivity index (χ3v) is 7.07. The first-order chi connectivity index (χ1) is 12.8. The van der Waals surface area contributed by atoms with E-state index in [9.17, 15) is 8.42 Å². The van der Waals surface area contributed by atoms with Crippen molar-refractivity contribution in [3.05, 3.63) is 42.0 Å². The molecule has 1 aliphatic heterocycles. The fourth-order valence-corrected chi connectivity index (χ4v) is 5.52. The lowest BCUT2D eigenvalue weighted by atomic mass is 9.96. The predicted octanol–water partition coefficient (Wildman–Crippen LogP) is 3.42. The van der Waals surface area contributed by atoms with Gasteiger partial charge in [0.25, 0.3) is 0 Å². The van der Waals surface area contributed by atoms with E-state index in [1.54, 1.807) is 35.7 Å². The van der Waals surface area contributed by atoms with Gasteiger partial charge in [-0.15, -0.1) is 0 Å². The van der Waals surface area contributed by atoms with Gasteiger partial charge in [0.2, 0.25) is 10.0 Å². The van der Waals surface area contributed by atoms with Crippen molar-refractivity contribution in [3.63, 3.8) is 0 Å². The minimum atomic E-state index is -3.51. The number of aromatic nitrogens is 2. The molecule has 2 aromatic rings. The average Bonchev–Trinajstić information content (AvgIpc) is 3.02. The molecule has 148 valence electrons. The lowest BCUT2D eigenvalue weighted by molar-refractivity contribution is 0.260. The number of methoxy groups -OCH3 is 1. The largest absolute Gasteiger partial charge is 0.497 e. The molecule has 7 heteroatoms. The number of imidazole rings is 1. The first-order valence-corrected chi connectivity index (χ1v) is 10.9. The summed E-state index contributed by atoms with van der Waals surface area (Å²) in [7, 11) is -1.97. The highest BCUT2D eigenvalue weighted by Gasteiger charge is 2.31. The average molecular weight is 392 g/mol. The van der Waals surface area contributed by atoms with Crippen molar-refractivity contribution in [1.29, 1.82) is 0 Å². The summed E-state index contributed by atoms with van der Waals surface area (Å²) in [5.41, 5.74) is 1.15. The number of nitrogens with zero attached hydrogens (tertiary/aromatic N) is 3. The second-order valence-corrected chi connectivity index (χ2v) is 9.47. The molecule has 1 aliphatic rings. The van der Waals surface area contributed by atoms with Crippen LogP contribution in [0.25, 0.3) is 0 Å². The number of hydrogen-bond donors (Lipinski definition) is 0. The topological polar surface area (TPSA) is 64.4 Å². The molecule has 1 atom stereocenters. The van der Waals surface area contributed by atoms with Crippen molar-refractivity contribution in [2.24, 2.45) is 5.92 Å². The fraction of sp³-hybridized carbons (Fsp3) is 0.550. The van der Waals surface area contributed by atoms with Crippen molar-refractivity contribution in [2.45, 2.75) is 51.0 Å². The lowest BCUT2D eigenvalue weighted by Crippen LogP contribution is -2.40. The molecular weight excluding hydrogens is 362 g/mol. The van der Waals surface area contributed by atoms with E-state index in [0.29, 0.717) is 29.8 Å². The van der Waals surface area contributed by atoms with E-state index in [1.165, 1.54) is 0 Å². The second-order valence-electron chi connectivity index (χ2n) is 7.53. The summed E-state index contributed by atoms with van der Waals surface area (Å²) in [4.78, 5) is 4.87. The summed E-state index contributed by atoms with van der Waals surface area (Å²) in [6, 6.07) is 7.05. The zero-order chi connectivity index (χ0) is 19.6. The van der Waals surface area contributed by atoms with Crippen LogP contribution in [0.3, 0.4) is 0 Å². The first-order valence-electron chi connectivity index (χ1n) is 9.50. The van der Waals surface area contributed by atoms with Crippen LogP contribution in [-0.4, -0.2) is 42.5 Å². The van der Waals surface area contributed by atoms with Crippen LogP contribution in [-0.2, 0) is 16.4 Å². The van der Waals surface area contributed by atoms with Gasteiger partial charge >= 0.3 is 0 Å². The Morgan fingerprint density at radius 1 is 1.33 bits per heavy atom. The molecular formula is C20H29N3O3S. The van der Waals surface area contributed by atoms with Crippen molar-refractivity contribution in [2.75, 3.05) is 20.2 Å². The van der Waals surface area contributed by atoms with Gasteiger partial charge in [0.1, 0.15) is 11.6 Å². The third-order valence-electron chi connectivity index (χ3n) is 5.21. The molecule has 1 unspecified atom stereocenters. The summed E-state index contributed by atoms with van der Waals surface area (Å²) in [5, 5.41) is 0. The first kappa shape index (κ1) is 19.9. The Bertz CT molecular complexity index is 890. The summed E-state index contributed by atoms with van der Waals surface area (Å²) in [5.74, 6) is 1.88. The normalized spacial score (nSPS) is 18.8. The lowest BCUT2D eigenvalue weighted by Gasteiger charge is -2.32. The van der Waals surface area contributed by atoms with E-state index in [4.69, 9.17) is 4.74 Å². The molecule has 6 nitrogen and oxygen atoms in total. The van der Waals surface area contributed by atoms with Crippen LogP contribution in [0, 0.1) is 12.8 Å². The van der Waals surface area contributed by atoms with Gasteiger partial charge in [0.15, 0.2) is 0 Å². The molecule has 1 fully saturated rings. The van der Waals surface area contributed by atoms with Crippen molar-refractivity contribution >= 4 is 10.0 Å². The van der Waals surface area contributed by atoms with Gasteiger partial charge in [-0.05, 0) is 51.7 Å². The SMILES string of the molecule is COc1cccc(S(=O)(=O)N2CCCC(Cc3ncc(C)n3C(C)C)C2)c1. The molecule has 0 saturated carbocycles. The van der Waals surface area contributed by atoms with Crippen LogP contribution >= 0.6 is 0 Å². The van der Waals surface area contributed by atoms with Crippen LogP contribution in [0.5, 0.6) is 5.75 Å². The molecule has 27 heavy (non-hydrogen) atoms. The van der Waals surface area contributed by atoms with Gasteiger partial charge in [-0.25, -0.2) is 13.4 Å². The zero-order valence-electron chi connectivity index (χ0n) is 16.6. The Kier molecular flexibility index (Phi) is 5.91. The summed E-state index contributed by atoms with van der Waals surface area (Å²) >= 11 is 0. The number of rotatable bonds is 6. The number of sulfonamides is 1. The minimum absolute atomic E-state index is 0.276. The molecule has 1 saturated heterocycles. The molecule has 0 spiro atoms. The van der Waals surface area contributed by atoms with Crippen molar-refractivity contribution < 1.29 is 13.2 Å². The number of hydrogen-bond acceptors (Lipinski definition) is 4. The number of ether oxygens (including phenoxy) is 1. The Morgan fingerprint density at radius 3 is 2.81 bits per heavy atom. The Balaban J connectivity index is 1.78. The van der Waals surface area contributed by atoms with Crippen LogP contribution in [0.1, 0.15) is 44.2 Å². The van der Waals surface area contributed by atoms with Crippen molar-refractivity contribution in [3.8, 4) is 5.75 Å². The Labute approximate surface area is 162 Å². The van der Waals surface area contributed by atoms with E-state index in [1.807, 2.05) is 6.20 Å². The number of piperidine rings is 1. The molecule has 3 rings (SSSR count). The standard InChI is InChI=1S/C20H29N3O3S/c1-15(2)23-16(3)13-21-20(23)11-17-7-6-10-22(14-17)27(24,25)19-9-5-8-18(12-19)26-4/h5,8-9,12-13,15,17H,6-7,10-11,14H2,1-4H3. The van der Waals surface area contributed by atoms with Gasteiger partial charge < -0.3 is 9.30 Å². The number of benzene rings is 1. The quantitative estimate of drug-likeness (QED) is 0.757. The van der Waals surface area contributed by atoms with E-state index in [-0.39, 0.29) is 5.92 Å². The summed E-state index contributed by atoms with van der Waals surface area (Å²) < 4.78 is 35.2.